The number of ether oxygens (including phenoxy) is 1. The van der Waals surface area contributed by atoms with E-state index in [0.29, 0.717) is 24.9 Å². The minimum Gasteiger partial charge on any atom is -0.383 e. The first kappa shape index (κ1) is 21.6. The Bertz CT molecular complexity index is 1170. The molecule has 9 nitrogen and oxygen atoms in total. The van der Waals surface area contributed by atoms with Gasteiger partial charge in [0.25, 0.3) is 5.89 Å². The minimum atomic E-state index is -0.441. The van der Waals surface area contributed by atoms with Crippen LogP contribution in [0.25, 0.3) is 22.6 Å². The van der Waals surface area contributed by atoms with Crippen molar-refractivity contribution in [1.82, 2.24) is 29.9 Å². The molecule has 4 aromatic rings. The number of benzene rings is 1. The lowest BCUT2D eigenvalue weighted by molar-refractivity contribution is 0.183. The highest BCUT2D eigenvalue weighted by Crippen LogP contribution is 2.38. The third-order valence-electron chi connectivity index (χ3n) is 5.94. The fraction of sp³-hybridized carbons (Fsp3) is 0.348. The largest absolute Gasteiger partial charge is 0.383 e. The van der Waals surface area contributed by atoms with Gasteiger partial charge in [-0.3, -0.25) is 4.68 Å². The molecule has 1 aromatic carbocycles. The predicted molar refractivity (Wildman–Crippen MR) is 121 cm³/mol. The number of aromatic nitrogens is 6. The second kappa shape index (κ2) is 8.88. The van der Waals surface area contributed by atoms with Crippen molar-refractivity contribution in [1.29, 1.82) is 0 Å². The van der Waals surface area contributed by atoms with E-state index in [9.17, 15) is 0 Å². The van der Waals surface area contributed by atoms with E-state index in [4.69, 9.17) is 20.0 Å². The maximum absolute atomic E-state index is 5.62. The van der Waals surface area contributed by atoms with Crippen molar-refractivity contribution in [2.24, 2.45) is 5.92 Å². The summed E-state index contributed by atoms with van der Waals surface area (Å²) < 4.78 is 12.5. The van der Waals surface area contributed by atoms with E-state index in [1.54, 1.807) is 30.4 Å². The number of nitrogen functional groups attached to an aromatic ring is 1. The van der Waals surface area contributed by atoms with Crippen LogP contribution in [-0.2, 0) is 16.7 Å². The number of nitrogens with two attached hydrogens (primary N) is 1. The van der Waals surface area contributed by atoms with Crippen LogP contribution in [0.2, 0.25) is 0 Å². The molecule has 0 saturated carbocycles. The summed E-state index contributed by atoms with van der Waals surface area (Å²) in [5.74, 6) is 1.57. The van der Waals surface area contributed by atoms with Crippen LogP contribution in [0.4, 0.5) is 5.95 Å². The van der Waals surface area contributed by atoms with Gasteiger partial charge >= 0.3 is 0 Å². The lowest BCUT2D eigenvalue weighted by atomic mass is 9.72. The molecule has 3 heterocycles. The average Bonchev–Trinajstić information content (AvgIpc) is 3.47. The highest BCUT2D eigenvalue weighted by molar-refractivity contribution is 5.62. The monoisotopic (exact) mass is 433 g/mol. The van der Waals surface area contributed by atoms with Crippen LogP contribution in [0.1, 0.15) is 32.2 Å². The van der Waals surface area contributed by atoms with Gasteiger partial charge in [0.1, 0.15) is 0 Å². The molecule has 32 heavy (non-hydrogen) atoms. The first-order valence-electron chi connectivity index (χ1n) is 10.5. The maximum Gasteiger partial charge on any atom is 0.261 e. The summed E-state index contributed by atoms with van der Waals surface area (Å²) >= 11 is 0. The van der Waals surface area contributed by atoms with Gasteiger partial charge in [-0.25, -0.2) is 9.97 Å². The van der Waals surface area contributed by atoms with E-state index in [0.717, 1.165) is 22.3 Å². The van der Waals surface area contributed by atoms with E-state index in [1.807, 2.05) is 18.3 Å². The van der Waals surface area contributed by atoms with Crippen molar-refractivity contribution < 1.29 is 9.26 Å². The molecular weight excluding hydrogens is 406 g/mol. The van der Waals surface area contributed by atoms with Gasteiger partial charge in [-0.1, -0.05) is 43.3 Å². The number of methoxy groups -OCH3 is 1. The van der Waals surface area contributed by atoms with Gasteiger partial charge in [-0.2, -0.15) is 10.1 Å². The van der Waals surface area contributed by atoms with Gasteiger partial charge in [0, 0.05) is 31.3 Å². The SMILES string of the molecule is COCCn1cc(-c2nc(C(C)(c3ccc(-c4cnc(N)nc4)cc3)C(C)C)no2)cn1. The topological polar surface area (TPSA) is 118 Å². The number of rotatable bonds is 8. The summed E-state index contributed by atoms with van der Waals surface area (Å²) in [5.41, 5.74) is 8.95. The first-order valence-corrected chi connectivity index (χ1v) is 10.5. The Labute approximate surface area is 186 Å². The zero-order valence-electron chi connectivity index (χ0n) is 18.7. The van der Waals surface area contributed by atoms with Crippen LogP contribution in [0.5, 0.6) is 0 Å². The molecule has 0 fully saturated rings. The fourth-order valence-electron chi connectivity index (χ4n) is 3.55. The Morgan fingerprint density at radius 3 is 2.44 bits per heavy atom. The van der Waals surface area contributed by atoms with Crippen LogP contribution < -0.4 is 5.73 Å². The van der Waals surface area contributed by atoms with Crippen molar-refractivity contribution >= 4 is 5.95 Å². The molecule has 9 heteroatoms. The second-order valence-electron chi connectivity index (χ2n) is 8.17. The first-order chi connectivity index (χ1) is 15.4. The van der Waals surface area contributed by atoms with Gasteiger partial charge in [0.05, 0.1) is 30.3 Å². The van der Waals surface area contributed by atoms with Gasteiger partial charge < -0.3 is 15.0 Å². The molecule has 3 aromatic heterocycles. The zero-order valence-corrected chi connectivity index (χ0v) is 18.7. The molecule has 1 unspecified atom stereocenters. The lowest BCUT2D eigenvalue weighted by Gasteiger charge is -2.31. The summed E-state index contributed by atoms with van der Waals surface area (Å²) in [4.78, 5) is 12.9. The summed E-state index contributed by atoms with van der Waals surface area (Å²) in [5, 5.41) is 8.67. The van der Waals surface area contributed by atoms with Crippen LogP contribution in [-0.4, -0.2) is 43.6 Å². The predicted octanol–water partition coefficient (Wildman–Crippen LogP) is 3.58. The average molecular weight is 434 g/mol. The molecule has 0 aliphatic rings. The van der Waals surface area contributed by atoms with Crippen molar-refractivity contribution in [3.8, 4) is 22.6 Å². The van der Waals surface area contributed by atoms with Crippen LogP contribution >= 0.6 is 0 Å². The molecule has 0 aliphatic carbocycles. The third kappa shape index (κ3) is 4.11. The second-order valence-corrected chi connectivity index (χ2v) is 8.17. The minimum absolute atomic E-state index is 0.225. The molecule has 166 valence electrons. The number of hydrogen-bond donors (Lipinski definition) is 1. The Morgan fingerprint density at radius 1 is 1.06 bits per heavy atom. The summed E-state index contributed by atoms with van der Waals surface area (Å²) in [7, 11) is 1.66. The maximum atomic E-state index is 5.62. The Balaban J connectivity index is 1.63. The number of anilines is 1. The Morgan fingerprint density at radius 2 is 1.78 bits per heavy atom. The zero-order chi connectivity index (χ0) is 22.7. The standard InChI is InChI=1S/C23H27N7O2/c1-15(2)23(3,19-7-5-16(6-8-19)17-11-25-22(24)26-12-17)21-28-20(32-29-21)18-13-27-30(14-18)9-10-31-4/h5-8,11-15H,9-10H2,1-4H3,(H2,24,25,26). The van der Waals surface area contributed by atoms with Crippen LogP contribution in [0.15, 0.2) is 53.6 Å². The van der Waals surface area contributed by atoms with E-state index in [2.05, 4.69) is 53.1 Å². The molecular formula is C23H27N7O2. The Hall–Kier alpha value is -3.59. The van der Waals surface area contributed by atoms with Gasteiger partial charge in [0.2, 0.25) is 5.95 Å². The molecule has 1 atom stereocenters. The molecule has 0 amide bonds. The van der Waals surface area contributed by atoms with Crippen LogP contribution in [0.3, 0.4) is 0 Å². The van der Waals surface area contributed by atoms with E-state index >= 15 is 0 Å². The van der Waals surface area contributed by atoms with E-state index < -0.39 is 5.41 Å². The number of nitrogens with zero attached hydrogens (tertiary/aromatic N) is 6. The van der Waals surface area contributed by atoms with Crippen molar-refractivity contribution in [2.45, 2.75) is 32.7 Å². The molecule has 2 N–H and O–H groups in total. The normalized spacial score (nSPS) is 13.4. The van der Waals surface area contributed by atoms with Crippen LogP contribution in [0, 0.1) is 5.92 Å². The third-order valence-corrected chi connectivity index (χ3v) is 5.94. The molecule has 4 rings (SSSR count). The van der Waals surface area contributed by atoms with Crippen molar-refractivity contribution in [2.75, 3.05) is 19.5 Å². The molecule has 0 radical (unpaired) electrons. The smallest absolute Gasteiger partial charge is 0.261 e. The highest BCUT2D eigenvalue weighted by Gasteiger charge is 2.37. The number of hydrogen-bond acceptors (Lipinski definition) is 8. The van der Waals surface area contributed by atoms with E-state index in [-0.39, 0.29) is 11.9 Å². The van der Waals surface area contributed by atoms with Gasteiger partial charge in [-0.15, -0.1) is 0 Å². The molecule has 0 saturated heterocycles. The molecule has 0 spiro atoms. The molecule has 0 bridgehead atoms. The van der Waals surface area contributed by atoms with Gasteiger partial charge in [-0.05, 0) is 24.0 Å². The summed E-state index contributed by atoms with van der Waals surface area (Å²) in [6.07, 6.45) is 7.05. The summed E-state index contributed by atoms with van der Waals surface area (Å²) in [6, 6.07) is 8.27. The lowest BCUT2D eigenvalue weighted by Crippen LogP contribution is -2.31. The van der Waals surface area contributed by atoms with Gasteiger partial charge in [0.15, 0.2) is 5.82 Å². The molecule has 0 aliphatic heterocycles. The quantitative estimate of drug-likeness (QED) is 0.448. The van der Waals surface area contributed by atoms with Crippen molar-refractivity contribution in [3.63, 3.8) is 0 Å². The highest BCUT2D eigenvalue weighted by atomic mass is 16.5. The summed E-state index contributed by atoms with van der Waals surface area (Å²) in [6.45, 7) is 7.68. The fourth-order valence-corrected chi connectivity index (χ4v) is 3.55. The van der Waals surface area contributed by atoms with Crippen molar-refractivity contribution in [3.05, 3.63) is 60.4 Å². The Kier molecular flexibility index (Phi) is 6.00. The van der Waals surface area contributed by atoms with E-state index in [1.165, 1.54) is 0 Å².